The van der Waals surface area contributed by atoms with Gasteiger partial charge in [0.25, 0.3) is 5.91 Å². The summed E-state index contributed by atoms with van der Waals surface area (Å²) in [5, 5.41) is 27.2. The number of fused-ring (bicyclic) bond motifs is 1. The van der Waals surface area contributed by atoms with Crippen molar-refractivity contribution in [3.63, 3.8) is 0 Å². The normalized spacial score (nSPS) is 19.3. The molecule has 8 nitrogen and oxygen atoms in total. The first-order valence-corrected chi connectivity index (χ1v) is 13.6. The van der Waals surface area contributed by atoms with Gasteiger partial charge in [-0.1, -0.05) is 60.7 Å². The minimum atomic E-state index is -4.88. The summed E-state index contributed by atoms with van der Waals surface area (Å²) in [5.74, 6) is -3.93. The number of aromatic nitrogens is 3. The Kier molecular flexibility index (Phi) is 7.16. The number of aliphatic hydroxyl groups excluding tert-OH is 1. The molecular formula is C31H27F3N6O2. The molecule has 11 heteroatoms. The van der Waals surface area contributed by atoms with Crippen LogP contribution in [-0.4, -0.2) is 51.1 Å². The van der Waals surface area contributed by atoms with Crippen LogP contribution in [0.2, 0.25) is 0 Å². The highest BCUT2D eigenvalue weighted by Gasteiger charge is 2.54. The SMILES string of the molecule is N#Cc1cncc(N2CCC(c3nn(C(c4ccccc4)c4ccccc4)c4c3[C@H](C(F)(F)F)[C@H](O)C(=O)N4)CC2)c1. The molecule has 214 valence electrons. The minimum absolute atomic E-state index is 0.0475. The zero-order valence-electron chi connectivity index (χ0n) is 22.4. The zero-order chi connectivity index (χ0) is 29.4. The van der Waals surface area contributed by atoms with Crippen molar-refractivity contribution in [1.29, 1.82) is 5.26 Å². The number of carbonyl (C=O) groups excluding carboxylic acids is 1. The largest absolute Gasteiger partial charge is 0.398 e. The van der Waals surface area contributed by atoms with Crippen LogP contribution in [0.15, 0.2) is 79.1 Å². The molecule has 2 atom stereocenters. The predicted octanol–water partition coefficient (Wildman–Crippen LogP) is 5.13. The number of anilines is 2. The second-order valence-electron chi connectivity index (χ2n) is 10.6. The molecule has 0 spiro atoms. The molecule has 0 unspecified atom stereocenters. The van der Waals surface area contributed by atoms with E-state index in [0.717, 1.165) is 16.8 Å². The van der Waals surface area contributed by atoms with Gasteiger partial charge in [-0.25, -0.2) is 4.68 Å². The fraction of sp³-hybridized carbons (Fsp3) is 0.290. The molecule has 1 saturated heterocycles. The summed E-state index contributed by atoms with van der Waals surface area (Å²) >= 11 is 0. The first-order chi connectivity index (χ1) is 20.3. The smallest absolute Gasteiger partial charge is 0.382 e. The van der Waals surface area contributed by atoms with Crippen molar-refractivity contribution in [2.45, 2.75) is 43.0 Å². The summed E-state index contributed by atoms with van der Waals surface area (Å²) in [6, 6.07) is 21.7. The molecule has 4 heterocycles. The van der Waals surface area contributed by atoms with E-state index in [1.54, 1.807) is 12.3 Å². The summed E-state index contributed by atoms with van der Waals surface area (Å²) < 4.78 is 45.2. The van der Waals surface area contributed by atoms with Crippen molar-refractivity contribution in [1.82, 2.24) is 14.8 Å². The van der Waals surface area contributed by atoms with Gasteiger partial charge in [-0.15, -0.1) is 0 Å². The first kappa shape index (κ1) is 27.5. The zero-order valence-corrected chi connectivity index (χ0v) is 22.4. The lowest BCUT2D eigenvalue weighted by Crippen LogP contribution is -2.45. The third-order valence-electron chi connectivity index (χ3n) is 8.04. The number of alkyl halides is 3. The Morgan fingerprint density at radius 3 is 2.19 bits per heavy atom. The van der Waals surface area contributed by atoms with Gasteiger partial charge in [0.15, 0.2) is 0 Å². The Morgan fingerprint density at radius 2 is 1.62 bits per heavy atom. The Morgan fingerprint density at radius 1 is 1.00 bits per heavy atom. The van der Waals surface area contributed by atoms with Crippen molar-refractivity contribution in [3.8, 4) is 6.07 Å². The molecule has 1 amide bonds. The number of nitrogens with one attached hydrogen (secondary N) is 1. The van der Waals surface area contributed by atoms with Crippen molar-refractivity contribution in [2.75, 3.05) is 23.3 Å². The van der Waals surface area contributed by atoms with Crippen LogP contribution in [-0.2, 0) is 4.79 Å². The minimum Gasteiger partial charge on any atom is -0.382 e. The Balaban J connectivity index is 1.46. The number of hydrogen-bond donors (Lipinski definition) is 2. The molecule has 0 radical (unpaired) electrons. The number of amides is 1. The molecule has 6 rings (SSSR count). The first-order valence-electron chi connectivity index (χ1n) is 13.6. The van der Waals surface area contributed by atoms with Crippen LogP contribution in [0.4, 0.5) is 24.7 Å². The summed E-state index contributed by atoms with van der Waals surface area (Å²) in [6.45, 7) is 1.02. The number of carbonyl (C=O) groups is 1. The lowest BCUT2D eigenvalue weighted by molar-refractivity contribution is -0.177. The van der Waals surface area contributed by atoms with Crippen molar-refractivity contribution < 1.29 is 23.1 Å². The topological polar surface area (TPSA) is 107 Å². The molecule has 2 aliphatic heterocycles. The fourth-order valence-electron chi connectivity index (χ4n) is 6.05. The molecule has 2 N–H and O–H groups in total. The maximum atomic E-state index is 14.6. The number of nitrogens with zero attached hydrogens (tertiary/aromatic N) is 5. The molecule has 0 saturated carbocycles. The van der Waals surface area contributed by atoms with Crippen molar-refractivity contribution in [3.05, 3.63) is 107 Å². The van der Waals surface area contributed by atoms with E-state index in [0.29, 0.717) is 31.5 Å². The number of rotatable bonds is 5. The van der Waals surface area contributed by atoms with Gasteiger partial charge in [0, 0.05) is 30.8 Å². The van der Waals surface area contributed by atoms with Gasteiger partial charge in [-0.05, 0) is 30.0 Å². The molecular weight excluding hydrogens is 545 g/mol. The number of nitriles is 1. The second kappa shape index (κ2) is 10.9. The summed E-state index contributed by atoms with van der Waals surface area (Å²) in [5.41, 5.74) is 2.80. The standard InChI is InChI=1S/C31H27F3N6O2/c32-31(33,34)25-24-26(20-11-13-39(14-12-20)23-15-19(16-35)17-36-18-23)38-40(29(24)37-30(42)28(25)41)27(21-7-3-1-4-8-21)22-9-5-2-6-10-22/h1-10,15,17-18,20,25,27-28,41H,11-14H2,(H,37,42)/t25-,28-/m0/s1. The van der Waals surface area contributed by atoms with Crippen LogP contribution in [0.3, 0.4) is 0 Å². The third kappa shape index (κ3) is 4.99. The lowest BCUT2D eigenvalue weighted by atomic mass is 9.82. The molecule has 4 aromatic rings. The van der Waals surface area contributed by atoms with Gasteiger partial charge in [-0.2, -0.15) is 23.5 Å². The van der Waals surface area contributed by atoms with E-state index in [2.05, 4.69) is 16.4 Å². The molecule has 1 fully saturated rings. The number of benzene rings is 2. The van der Waals surface area contributed by atoms with Crippen LogP contribution >= 0.6 is 0 Å². The predicted molar refractivity (Wildman–Crippen MR) is 149 cm³/mol. The van der Waals surface area contributed by atoms with E-state index < -0.39 is 30.1 Å². The third-order valence-corrected chi connectivity index (χ3v) is 8.04. The molecule has 0 aliphatic carbocycles. The highest BCUT2D eigenvalue weighted by Crippen LogP contribution is 2.49. The van der Waals surface area contributed by atoms with Gasteiger partial charge >= 0.3 is 6.18 Å². The quantitative estimate of drug-likeness (QED) is 0.344. The van der Waals surface area contributed by atoms with E-state index in [1.165, 1.54) is 10.9 Å². The van der Waals surface area contributed by atoms with Gasteiger partial charge in [0.05, 0.1) is 23.1 Å². The fourth-order valence-corrected chi connectivity index (χ4v) is 6.05. The van der Waals surface area contributed by atoms with Crippen LogP contribution in [0, 0.1) is 11.3 Å². The van der Waals surface area contributed by atoms with Crippen LogP contribution < -0.4 is 10.2 Å². The van der Waals surface area contributed by atoms with E-state index in [-0.39, 0.29) is 23.0 Å². The molecule has 2 aromatic heterocycles. The van der Waals surface area contributed by atoms with Gasteiger partial charge in [0.1, 0.15) is 30.0 Å². The number of hydrogen-bond acceptors (Lipinski definition) is 6. The number of aliphatic hydroxyl groups is 1. The Bertz CT molecular complexity index is 1590. The van der Waals surface area contributed by atoms with E-state index in [4.69, 9.17) is 5.10 Å². The summed E-state index contributed by atoms with van der Waals surface area (Å²) in [4.78, 5) is 18.9. The number of pyridine rings is 1. The van der Waals surface area contributed by atoms with Crippen LogP contribution in [0.5, 0.6) is 0 Å². The maximum absolute atomic E-state index is 14.6. The molecule has 2 aromatic carbocycles. The molecule has 0 bridgehead atoms. The monoisotopic (exact) mass is 572 g/mol. The summed E-state index contributed by atoms with van der Waals surface area (Å²) in [7, 11) is 0. The molecule has 42 heavy (non-hydrogen) atoms. The average molecular weight is 573 g/mol. The van der Waals surface area contributed by atoms with Crippen LogP contribution in [0.25, 0.3) is 0 Å². The molecule has 2 aliphatic rings. The van der Waals surface area contributed by atoms with Crippen molar-refractivity contribution >= 4 is 17.4 Å². The van der Waals surface area contributed by atoms with E-state index in [9.17, 15) is 28.3 Å². The Labute approximate surface area is 240 Å². The maximum Gasteiger partial charge on any atom is 0.398 e. The number of halogens is 3. The lowest BCUT2D eigenvalue weighted by Gasteiger charge is -2.35. The van der Waals surface area contributed by atoms with Gasteiger partial charge in [0.2, 0.25) is 0 Å². The Hall–Kier alpha value is -4.69. The van der Waals surface area contributed by atoms with Gasteiger partial charge in [-0.3, -0.25) is 9.78 Å². The average Bonchev–Trinajstić information content (AvgIpc) is 3.36. The second-order valence-corrected chi connectivity index (χ2v) is 10.6. The summed E-state index contributed by atoms with van der Waals surface area (Å²) in [6.07, 6.45) is -3.07. The van der Waals surface area contributed by atoms with Gasteiger partial charge < -0.3 is 15.3 Å². The van der Waals surface area contributed by atoms with Crippen LogP contribution in [0.1, 0.15) is 58.7 Å². The highest BCUT2D eigenvalue weighted by atomic mass is 19.4. The van der Waals surface area contributed by atoms with Crippen molar-refractivity contribution in [2.24, 2.45) is 0 Å². The highest BCUT2D eigenvalue weighted by molar-refractivity contribution is 5.97. The van der Waals surface area contributed by atoms with E-state index in [1.807, 2.05) is 65.6 Å². The van der Waals surface area contributed by atoms with E-state index >= 15 is 0 Å². The number of piperidine rings is 1.